The lowest BCUT2D eigenvalue weighted by Gasteiger charge is -2.15. The van der Waals surface area contributed by atoms with Gasteiger partial charge in [0.1, 0.15) is 5.82 Å². The highest BCUT2D eigenvalue weighted by molar-refractivity contribution is 6.39. The number of nitrogens with zero attached hydrogens (tertiary/aromatic N) is 2. The van der Waals surface area contributed by atoms with Crippen molar-refractivity contribution in [2.75, 3.05) is 11.9 Å². The van der Waals surface area contributed by atoms with Crippen molar-refractivity contribution in [1.29, 1.82) is 0 Å². The summed E-state index contributed by atoms with van der Waals surface area (Å²) < 4.78 is 32.6. The molecule has 176 valence electrons. The van der Waals surface area contributed by atoms with E-state index < -0.39 is 29.3 Å². The zero-order valence-electron chi connectivity index (χ0n) is 17.5. The van der Waals surface area contributed by atoms with Gasteiger partial charge in [-0.25, -0.2) is 8.78 Å². The number of hydrogen-bond donors (Lipinski definition) is 1. The maximum Gasteiger partial charge on any atom is 0.322 e. The number of pyridine rings is 1. The van der Waals surface area contributed by atoms with E-state index in [1.807, 2.05) is 0 Å². The van der Waals surface area contributed by atoms with Gasteiger partial charge in [-0.1, -0.05) is 34.8 Å². The fourth-order valence-corrected chi connectivity index (χ4v) is 3.62. The SMILES string of the molecule is CCOC(=O)C(C=Nc1cccnc1)C(=O)c1cc(Nc2c(F)cc(F)cc2Cl)c(Cl)cc1Cl. The number of ether oxygens (including phenoxy) is 1. The number of hydrogen-bond acceptors (Lipinski definition) is 6. The van der Waals surface area contributed by atoms with Crippen molar-refractivity contribution in [3.8, 4) is 0 Å². The molecule has 0 bridgehead atoms. The minimum Gasteiger partial charge on any atom is -0.465 e. The Bertz CT molecular complexity index is 1230. The quantitative estimate of drug-likeness (QED) is 0.151. The van der Waals surface area contributed by atoms with E-state index in [1.54, 1.807) is 25.3 Å². The Morgan fingerprint density at radius 3 is 2.56 bits per heavy atom. The zero-order chi connectivity index (χ0) is 24.8. The number of halogens is 5. The molecule has 1 unspecified atom stereocenters. The molecule has 3 rings (SSSR count). The predicted octanol–water partition coefficient (Wildman–Crippen LogP) is 6.83. The fourth-order valence-electron chi connectivity index (χ4n) is 2.86. The van der Waals surface area contributed by atoms with E-state index in [4.69, 9.17) is 39.5 Å². The summed E-state index contributed by atoms with van der Waals surface area (Å²) in [5.41, 5.74) is 0.0953. The summed E-state index contributed by atoms with van der Waals surface area (Å²) in [4.78, 5) is 33.8. The number of aromatic nitrogens is 1. The summed E-state index contributed by atoms with van der Waals surface area (Å²) in [5.74, 6) is -4.85. The maximum absolute atomic E-state index is 14.2. The first-order valence-electron chi connectivity index (χ1n) is 9.77. The van der Waals surface area contributed by atoms with Gasteiger partial charge in [-0.2, -0.15) is 0 Å². The summed E-state index contributed by atoms with van der Waals surface area (Å²) >= 11 is 18.4. The number of carbonyl (C=O) groups excluding carboxylic acids is 2. The second-order valence-corrected chi connectivity index (χ2v) is 7.99. The first kappa shape index (κ1) is 25.6. The van der Waals surface area contributed by atoms with Crippen LogP contribution in [-0.4, -0.2) is 29.6 Å². The van der Waals surface area contributed by atoms with E-state index >= 15 is 0 Å². The molecule has 1 N–H and O–H groups in total. The van der Waals surface area contributed by atoms with Crippen LogP contribution in [0.3, 0.4) is 0 Å². The van der Waals surface area contributed by atoms with E-state index in [1.165, 1.54) is 18.3 Å². The van der Waals surface area contributed by atoms with Crippen LogP contribution >= 0.6 is 34.8 Å². The van der Waals surface area contributed by atoms with Gasteiger partial charge in [0.25, 0.3) is 0 Å². The predicted molar refractivity (Wildman–Crippen MR) is 128 cm³/mol. The van der Waals surface area contributed by atoms with Gasteiger partial charge in [0, 0.05) is 24.0 Å². The topological polar surface area (TPSA) is 80.7 Å². The van der Waals surface area contributed by atoms with Gasteiger partial charge in [-0.05, 0) is 37.3 Å². The van der Waals surface area contributed by atoms with E-state index in [-0.39, 0.29) is 38.6 Å². The van der Waals surface area contributed by atoms with Crippen LogP contribution < -0.4 is 5.32 Å². The summed E-state index contributed by atoms with van der Waals surface area (Å²) in [6.45, 7) is 1.63. The van der Waals surface area contributed by atoms with Crippen LogP contribution in [0.25, 0.3) is 0 Å². The molecule has 0 spiro atoms. The Morgan fingerprint density at radius 1 is 1.15 bits per heavy atom. The molecule has 2 aromatic carbocycles. The highest BCUT2D eigenvalue weighted by Crippen LogP contribution is 2.36. The molecule has 0 saturated carbocycles. The first-order valence-corrected chi connectivity index (χ1v) is 10.9. The summed E-state index contributed by atoms with van der Waals surface area (Å²) in [5, 5.41) is 2.36. The van der Waals surface area contributed by atoms with Crippen molar-refractivity contribution in [3.05, 3.63) is 81.1 Å². The molecule has 3 aromatic rings. The first-order chi connectivity index (χ1) is 16.2. The van der Waals surface area contributed by atoms with Crippen LogP contribution in [0.5, 0.6) is 0 Å². The van der Waals surface area contributed by atoms with Crippen molar-refractivity contribution >= 4 is 69.8 Å². The molecule has 0 saturated heterocycles. The number of carbonyl (C=O) groups is 2. The third-order valence-electron chi connectivity index (χ3n) is 4.43. The Labute approximate surface area is 208 Å². The normalized spacial score (nSPS) is 11.9. The summed E-state index contributed by atoms with van der Waals surface area (Å²) in [7, 11) is 0. The molecule has 34 heavy (non-hydrogen) atoms. The van der Waals surface area contributed by atoms with Crippen LogP contribution in [0.15, 0.2) is 53.8 Å². The lowest BCUT2D eigenvalue weighted by molar-refractivity contribution is -0.143. The number of nitrogens with one attached hydrogen (secondary N) is 1. The number of aliphatic imine (C=N–C) groups is 1. The number of anilines is 2. The van der Waals surface area contributed by atoms with Gasteiger partial charge in [0.05, 0.1) is 44.9 Å². The minimum atomic E-state index is -1.43. The molecule has 6 nitrogen and oxygen atoms in total. The molecule has 0 aliphatic carbocycles. The van der Waals surface area contributed by atoms with Gasteiger partial charge in [0.15, 0.2) is 17.5 Å². The lowest BCUT2D eigenvalue weighted by Crippen LogP contribution is -2.28. The third-order valence-corrected chi connectivity index (χ3v) is 5.35. The maximum atomic E-state index is 14.2. The van der Waals surface area contributed by atoms with E-state index in [2.05, 4.69) is 15.3 Å². The molecule has 0 amide bonds. The molecular formula is C23H16Cl3F2N3O3. The molecule has 11 heteroatoms. The van der Waals surface area contributed by atoms with Crippen molar-refractivity contribution in [3.63, 3.8) is 0 Å². The molecule has 0 aliphatic heterocycles. The van der Waals surface area contributed by atoms with Gasteiger partial charge in [0.2, 0.25) is 0 Å². The number of Topliss-reactive ketones (excluding diaryl/α,β-unsaturated/α-hetero) is 1. The van der Waals surface area contributed by atoms with Crippen molar-refractivity contribution in [1.82, 2.24) is 4.98 Å². The van der Waals surface area contributed by atoms with E-state index in [0.29, 0.717) is 11.8 Å². The zero-order valence-corrected chi connectivity index (χ0v) is 19.8. The third kappa shape index (κ3) is 6.08. The van der Waals surface area contributed by atoms with Gasteiger partial charge >= 0.3 is 5.97 Å². The standard InChI is InChI=1S/C23H16Cl3F2N3O3/c1-2-34-23(33)15(11-30-13-4-3-5-29-10-13)22(32)14-8-20(17(25)9-16(14)24)31-21-18(26)6-12(27)7-19(21)28/h3-11,15,31H,2H2,1H3. The molecule has 1 atom stereocenters. The second kappa shape index (κ2) is 11.4. The van der Waals surface area contributed by atoms with E-state index in [0.717, 1.165) is 12.3 Å². The molecule has 0 radical (unpaired) electrons. The molecule has 0 fully saturated rings. The van der Waals surface area contributed by atoms with Crippen LogP contribution in [0.4, 0.5) is 25.8 Å². The van der Waals surface area contributed by atoms with Crippen molar-refractivity contribution in [2.45, 2.75) is 6.92 Å². The molecule has 1 heterocycles. The Balaban J connectivity index is 2.00. The fraction of sp³-hybridized carbons (Fsp3) is 0.130. The Hall–Kier alpha value is -3.07. The lowest BCUT2D eigenvalue weighted by atomic mass is 9.98. The smallest absolute Gasteiger partial charge is 0.322 e. The van der Waals surface area contributed by atoms with Crippen LogP contribution in [0.2, 0.25) is 15.1 Å². The number of rotatable bonds is 8. The summed E-state index contributed by atoms with van der Waals surface area (Å²) in [6, 6.07) is 7.30. The second-order valence-electron chi connectivity index (χ2n) is 6.76. The Morgan fingerprint density at radius 2 is 1.91 bits per heavy atom. The minimum absolute atomic E-state index is 0.0260. The van der Waals surface area contributed by atoms with Crippen LogP contribution in [-0.2, 0) is 9.53 Å². The summed E-state index contributed by atoms with van der Waals surface area (Å²) in [6.07, 6.45) is 4.12. The largest absolute Gasteiger partial charge is 0.465 e. The van der Waals surface area contributed by atoms with Gasteiger partial charge < -0.3 is 10.1 Å². The van der Waals surface area contributed by atoms with Crippen LogP contribution in [0, 0.1) is 17.6 Å². The van der Waals surface area contributed by atoms with Crippen LogP contribution in [0.1, 0.15) is 17.3 Å². The van der Waals surface area contributed by atoms with Crippen molar-refractivity contribution in [2.24, 2.45) is 10.9 Å². The monoisotopic (exact) mass is 525 g/mol. The van der Waals surface area contributed by atoms with Gasteiger partial charge in [-0.15, -0.1) is 0 Å². The number of esters is 1. The average molecular weight is 527 g/mol. The average Bonchev–Trinajstić information content (AvgIpc) is 2.78. The van der Waals surface area contributed by atoms with E-state index in [9.17, 15) is 18.4 Å². The van der Waals surface area contributed by atoms with Crippen molar-refractivity contribution < 1.29 is 23.1 Å². The Kier molecular flexibility index (Phi) is 8.55. The number of ketones is 1. The van der Waals surface area contributed by atoms with Gasteiger partial charge in [-0.3, -0.25) is 19.6 Å². The molecular weight excluding hydrogens is 511 g/mol. The highest BCUT2D eigenvalue weighted by Gasteiger charge is 2.30. The molecule has 1 aromatic heterocycles. The number of benzene rings is 2. The molecule has 0 aliphatic rings. The highest BCUT2D eigenvalue weighted by atomic mass is 35.5.